The number of ether oxygens (including phenoxy) is 1. The SMILES string of the molecule is COc1ccc(CNCCC(C)c2ccccc2)cc1Br. The van der Waals surface area contributed by atoms with Crippen LogP contribution in [-0.4, -0.2) is 13.7 Å². The van der Waals surface area contributed by atoms with E-state index in [1.807, 2.05) is 6.07 Å². The standard InChI is InChI=1S/C18H22BrNO/c1-14(16-6-4-3-5-7-16)10-11-20-13-15-8-9-18(21-2)17(19)12-15/h3-9,12,14,20H,10-11,13H2,1-2H3. The highest BCUT2D eigenvalue weighted by Gasteiger charge is 2.05. The molecule has 1 atom stereocenters. The van der Waals surface area contributed by atoms with Crippen molar-refractivity contribution in [1.29, 1.82) is 0 Å². The van der Waals surface area contributed by atoms with E-state index >= 15 is 0 Å². The van der Waals surface area contributed by atoms with Crippen LogP contribution in [0.25, 0.3) is 0 Å². The molecule has 1 unspecified atom stereocenters. The summed E-state index contributed by atoms with van der Waals surface area (Å²) in [6.07, 6.45) is 1.14. The van der Waals surface area contributed by atoms with E-state index in [4.69, 9.17) is 4.74 Å². The van der Waals surface area contributed by atoms with E-state index in [1.165, 1.54) is 11.1 Å². The lowest BCUT2D eigenvalue weighted by atomic mass is 9.98. The quantitative estimate of drug-likeness (QED) is 0.730. The van der Waals surface area contributed by atoms with Crippen LogP contribution in [0.15, 0.2) is 53.0 Å². The molecule has 0 bridgehead atoms. The molecular weight excluding hydrogens is 326 g/mol. The highest BCUT2D eigenvalue weighted by Crippen LogP contribution is 2.25. The molecule has 0 aromatic heterocycles. The summed E-state index contributed by atoms with van der Waals surface area (Å²) in [6, 6.07) is 16.9. The van der Waals surface area contributed by atoms with Gasteiger partial charge < -0.3 is 10.1 Å². The summed E-state index contributed by atoms with van der Waals surface area (Å²) in [4.78, 5) is 0. The number of methoxy groups -OCH3 is 1. The molecular formula is C18H22BrNO. The Morgan fingerprint density at radius 2 is 1.90 bits per heavy atom. The van der Waals surface area contributed by atoms with Crippen molar-refractivity contribution in [3.63, 3.8) is 0 Å². The molecule has 0 spiro atoms. The average molecular weight is 348 g/mol. The lowest BCUT2D eigenvalue weighted by molar-refractivity contribution is 0.412. The van der Waals surface area contributed by atoms with Gasteiger partial charge in [0.05, 0.1) is 11.6 Å². The van der Waals surface area contributed by atoms with Gasteiger partial charge in [0.2, 0.25) is 0 Å². The third-order valence-corrected chi connectivity index (χ3v) is 4.29. The molecule has 0 aliphatic heterocycles. The molecule has 0 saturated heterocycles. The van der Waals surface area contributed by atoms with Crippen LogP contribution in [0, 0.1) is 0 Å². The molecule has 2 nitrogen and oxygen atoms in total. The normalized spacial score (nSPS) is 12.1. The van der Waals surface area contributed by atoms with Crippen molar-refractivity contribution in [2.75, 3.05) is 13.7 Å². The molecule has 1 N–H and O–H groups in total. The van der Waals surface area contributed by atoms with Gasteiger partial charge in [-0.3, -0.25) is 0 Å². The van der Waals surface area contributed by atoms with E-state index in [-0.39, 0.29) is 0 Å². The fourth-order valence-corrected chi connectivity index (χ4v) is 2.91. The molecule has 3 heteroatoms. The van der Waals surface area contributed by atoms with Gasteiger partial charge in [-0.05, 0) is 58.1 Å². The van der Waals surface area contributed by atoms with Crippen molar-refractivity contribution < 1.29 is 4.74 Å². The van der Waals surface area contributed by atoms with Gasteiger partial charge in [-0.1, -0.05) is 43.3 Å². The van der Waals surface area contributed by atoms with Gasteiger partial charge in [-0.2, -0.15) is 0 Å². The maximum atomic E-state index is 5.24. The largest absolute Gasteiger partial charge is 0.496 e. The Morgan fingerprint density at radius 3 is 2.57 bits per heavy atom. The van der Waals surface area contributed by atoms with Gasteiger partial charge in [0.25, 0.3) is 0 Å². The summed E-state index contributed by atoms with van der Waals surface area (Å²) >= 11 is 3.52. The summed E-state index contributed by atoms with van der Waals surface area (Å²) in [6.45, 7) is 4.17. The number of nitrogens with one attached hydrogen (secondary N) is 1. The van der Waals surface area contributed by atoms with Crippen molar-refractivity contribution in [2.24, 2.45) is 0 Å². The van der Waals surface area contributed by atoms with Crippen LogP contribution < -0.4 is 10.1 Å². The van der Waals surface area contributed by atoms with Crippen LogP contribution in [0.4, 0.5) is 0 Å². The Hall–Kier alpha value is -1.32. The zero-order valence-corrected chi connectivity index (χ0v) is 14.2. The smallest absolute Gasteiger partial charge is 0.133 e. The van der Waals surface area contributed by atoms with E-state index in [2.05, 4.69) is 70.6 Å². The van der Waals surface area contributed by atoms with Gasteiger partial charge in [-0.25, -0.2) is 0 Å². The first-order chi connectivity index (χ1) is 10.2. The van der Waals surface area contributed by atoms with Crippen molar-refractivity contribution in [3.8, 4) is 5.75 Å². The minimum atomic E-state index is 0.585. The van der Waals surface area contributed by atoms with E-state index < -0.39 is 0 Å². The van der Waals surface area contributed by atoms with E-state index in [1.54, 1.807) is 7.11 Å². The fraction of sp³-hybridized carbons (Fsp3) is 0.333. The molecule has 0 saturated carbocycles. The molecule has 0 fully saturated rings. The van der Waals surface area contributed by atoms with E-state index in [0.29, 0.717) is 5.92 Å². The number of benzene rings is 2. The van der Waals surface area contributed by atoms with Gasteiger partial charge in [0.1, 0.15) is 5.75 Å². The Morgan fingerprint density at radius 1 is 1.14 bits per heavy atom. The van der Waals surface area contributed by atoms with E-state index in [0.717, 1.165) is 29.7 Å². The minimum Gasteiger partial charge on any atom is -0.496 e. The summed E-state index contributed by atoms with van der Waals surface area (Å²) < 4.78 is 6.24. The molecule has 2 aromatic rings. The third-order valence-electron chi connectivity index (χ3n) is 3.67. The molecule has 2 rings (SSSR count). The van der Waals surface area contributed by atoms with Crippen molar-refractivity contribution in [1.82, 2.24) is 5.32 Å². The van der Waals surface area contributed by atoms with Gasteiger partial charge in [0, 0.05) is 6.54 Å². The Bertz CT molecular complexity index is 556. The van der Waals surface area contributed by atoms with Crippen molar-refractivity contribution in [3.05, 3.63) is 64.1 Å². The average Bonchev–Trinajstić information content (AvgIpc) is 2.52. The van der Waals surface area contributed by atoms with Gasteiger partial charge in [0.15, 0.2) is 0 Å². The molecule has 0 aliphatic carbocycles. The first-order valence-corrected chi connectivity index (χ1v) is 8.08. The van der Waals surface area contributed by atoms with Crippen LogP contribution in [-0.2, 0) is 6.54 Å². The zero-order valence-electron chi connectivity index (χ0n) is 12.6. The fourth-order valence-electron chi connectivity index (χ4n) is 2.32. The molecule has 2 aromatic carbocycles. The predicted octanol–water partition coefficient (Wildman–Crippen LogP) is 4.74. The number of hydrogen-bond donors (Lipinski definition) is 1. The third kappa shape index (κ3) is 4.87. The van der Waals surface area contributed by atoms with Gasteiger partial charge in [-0.15, -0.1) is 0 Å². The summed E-state index contributed by atoms with van der Waals surface area (Å²) in [5.74, 6) is 1.46. The molecule has 112 valence electrons. The Labute approximate surface area is 135 Å². The topological polar surface area (TPSA) is 21.3 Å². The number of halogens is 1. The van der Waals surface area contributed by atoms with E-state index in [9.17, 15) is 0 Å². The van der Waals surface area contributed by atoms with Crippen LogP contribution >= 0.6 is 15.9 Å². The van der Waals surface area contributed by atoms with Crippen LogP contribution in [0.1, 0.15) is 30.4 Å². The summed E-state index contributed by atoms with van der Waals surface area (Å²) in [7, 11) is 1.68. The minimum absolute atomic E-state index is 0.585. The van der Waals surface area contributed by atoms with Crippen molar-refractivity contribution >= 4 is 15.9 Å². The maximum absolute atomic E-state index is 5.24. The van der Waals surface area contributed by atoms with Crippen molar-refractivity contribution in [2.45, 2.75) is 25.8 Å². The van der Waals surface area contributed by atoms with Crippen LogP contribution in [0.3, 0.4) is 0 Å². The number of hydrogen-bond acceptors (Lipinski definition) is 2. The zero-order chi connectivity index (χ0) is 15.1. The highest BCUT2D eigenvalue weighted by molar-refractivity contribution is 9.10. The second-order valence-corrected chi connectivity index (χ2v) is 6.10. The lowest BCUT2D eigenvalue weighted by Gasteiger charge is -2.13. The van der Waals surface area contributed by atoms with Crippen LogP contribution in [0.2, 0.25) is 0 Å². The predicted molar refractivity (Wildman–Crippen MR) is 91.9 cm³/mol. The first kappa shape index (κ1) is 16.1. The van der Waals surface area contributed by atoms with Crippen LogP contribution in [0.5, 0.6) is 5.75 Å². The summed E-state index contributed by atoms with van der Waals surface area (Å²) in [5.41, 5.74) is 2.67. The first-order valence-electron chi connectivity index (χ1n) is 7.29. The second kappa shape index (κ2) is 8.20. The lowest BCUT2D eigenvalue weighted by Crippen LogP contribution is -2.16. The molecule has 0 radical (unpaired) electrons. The molecule has 0 amide bonds. The molecule has 0 aliphatic rings. The summed E-state index contributed by atoms with van der Waals surface area (Å²) in [5, 5.41) is 3.51. The molecule has 21 heavy (non-hydrogen) atoms. The second-order valence-electron chi connectivity index (χ2n) is 5.25. The molecule has 0 heterocycles. The highest BCUT2D eigenvalue weighted by atomic mass is 79.9. The maximum Gasteiger partial charge on any atom is 0.133 e. The Kier molecular flexibility index (Phi) is 6.27. The Balaban J connectivity index is 1.76. The monoisotopic (exact) mass is 347 g/mol. The van der Waals surface area contributed by atoms with Gasteiger partial charge >= 0.3 is 0 Å². The number of rotatable bonds is 7.